The van der Waals surface area contributed by atoms with Gasteiger partial charge in [0.15, 0.2) is 11.6 Å². The van der Waals surface area contributed by atoms with Crippen molar-refractivity contribution < 1.29 is 31.1 Å². The lowest BCUT2D eigenvalue weighted by molar-refractivity contribution is -0.143. The lowest BCUT2D eigenvalue weighted by Gasteiger charge is -2.14. The summed E-state index contributed by atoms with van der Waals surface area (Å²) in [5, 5.41) is 0.450. The minimum Gasteiger partial charge on any atom is -0.294 e. The Kier molecular flexibility index (Phi) is 6.85. The number of alkyl halides is 6. The fraction of sp³-hybridized carbons (Fsp3) is 0.136. The minimum absolute atomic E-state index is 0.0192. The summed E-state index contributed by atoms with van der Waals surface area (Å²) < 4.78 is 79.0. The van der Waals surface area contributed by atoms with Gasteiger partial charge in [-0.2, -0.15) is 26.3 Å². The number of carbonyl (C=O) groups is 1. The SMILES string of the molecule is CC(=O)/C(=C/c1ccnc(-c2cc(C(F)(F)F)cc(C(F)(F)F)c2)n1)c1ccc(Cl)c(Cl)c1. The van der Waals surface area contributed by atoms with Gasteiger partial charge in [-0.15, -0.1) is 0 Å². The molecule has 0 N–H and O–H groups in total. The predicted octanol–water partition coefficient (Wildman–Crippen LogP) is 7.62. The smallest absolute Gasteiger partial charge is 0.294 e. The Labute approximate surface area is 193 Å². The topological polar surface area (TPSA) is 42.9 Å². The van der Waals surface area contributed by atoms with Crippen LogP contribution >= 0.6 is 23.2 Å². The summed E-state index contributed by atoms with van der Waals surface area (Å²) in [5.41, 5.74) is -2.82. The molecule has 3 rings (SSSR count). The summed E-state index contributed by atoms with van der Waals surface area (Å²) in [5.74, 6) is -0.760. The van der Waals surface area contributed by atoms with Gasteiger partial charge in [-0.1, -0.05) is 29.3 Å². The Bertz CT molecular complexity index is 1220. The summed E-state index contributed by atoms with van der Waals surface area (Å²) in [4.78, 5) is 20.0. The van der Waals surface area contributed by atoms with Crippen LogP contribution in [0, 0.1) is 0 Å². The van der Waals surface area contributed by atoms with Crippen molar-refractivity contribution in [3.63, 3.8) is 0 Å². The number of aromatic nitrogens is 2. The van der Waals surface area contributed by atoms with Crippen LogP contribution in [0.4, 0.5) is 26.3 Å². The highest BCUT2D eigenvalue weighted by Crippen LogP contribution is 2.38. The van der Waals surface area contributed by atoms with Gasteiger partial charge in [0.25, 0.3) is 0 Å². The average Bonchev–Trinajstić information content (AvgIpc) is 2.72. The van der Waals surface area contributed by atoms with Gasteiger partial charge in [0.05, 0.1) is 26.9 Å². The van der Waals surface area contributed by atoms with E-state index >= 15 is 0 Å². The summed E-state index contributed by atoms with van der Waals surface area (Å²) in [6.07, 6.45) is -7.54. The zero-order valence-corrected chi connectivity index (χ0v) is 18.0. The number of hydrogen-bond donors (Lipinski definition) is 0. The first-order valence-corrected chi connectivity index (χ1v) is 9.82. The Morgan fingerprint density at radius 1 is 0.879 bits per heavy atom. The second kappa shape index (κ2) is 9.15. The Hall–Kier alpha value is -2.91. The van der Waals surface area contributed by atoms with E-state index in [1.54, 1.807) is 0 Å². The Morgan fingerprint density at radius 3 is 2.00 bits per heavy atom. The number of allylic oxidation sites excluding steroid dienone is 1. The van der Waals surface area contributed by atoms with E-state index in [0.29, 0.717) is 17.7 Å². The van der Waals surface area contributed by atoms with Crippen LogP contribution in [0.15, 0.2) is 48.7 Å². The largest absolute Gasteiger partial charge is 0.416 e. The molecule has 3 nitrogen and oxygen atoms in total. The molecule has 0 radical (unpaired) electrons. The van der Waals surface area contributed by atoms with E-state index in [9.17, 15) is 31.1 Å². The molecule has 0 atom stereocenters. The van der Waals surface area contributed by atoms with Gasteiger partial charge in [-0.3, -0.25) is 4.79 Å². The Morgan fingerprint density at radius 2 is 1.48 bits per heavy atom. The number of Topliss-reactive ketones (excluding diaryl/α,β-unsaturated/α-hetero) is 1. The van der Waals surface area contributed by atoms with E-state index in [0.717, 1.165) is 6.20 Å². The minimum atomic E-state index is -5.01. The van der Waals surface area contributed by atoms with Crippen LogP contribution in [0.25, 0.3) is 23.0 Å². The normalized spacial score (nSPS) is 12.7. The first kappa shape index (κ1) is 24.7. The van der Waals surface area contributed by atoms with Crippen LogP contribution in [0.5, 0.6) is 0 Å². The molecule has 0 aliphatic heterocycles. The molecule has 11 heteroatoms. The standard InChI is InChI=1S/C22H12Cl2F6N2O/c1-11(33)17(12-2-3-18(23)19(24)8-12)10-16-4-5-31-20(32-16)13-6-14(21(25,26)27)9-15(7-13)22(28,29)30/h2-10H,1H3/b17-10-. The molecule has 172 valence electrons. The van der Waals surface area contributed by atoms with E-state index in [1.165, 1.54) is 37.3 Å². The van der Waals surface area contributed by atoms with Crippen molar-refractivity contribution in [2.45, 2.75) is 19.3 Å². The van der Waals surface area contributed by atoms with Crippen LogP contribution < -0.4 is 0 Å². The Balaban J connectivity index is 2.13. The van der Waals surface area contributed by atoms with E-state index in [-0.39, 0.29) is 39.0 Å². The van der Waals surface area contributed by atoms with Gasteiger partial charge in [0.1, 0.15) is 0 Å². The van der Waals surface area contributed by atoms with Crippen molar-refractivity contribution in [2.75, 3.05) is 0 Å². The highest BCUT2D eigenvalue weighted by atomic mass is 35.5. The number of hydrogen-bond acceptors (Lipinski definition) is 3. The molecule has 0 unspecified atom stereocenters. The molecule has 1 heterocycles. The van der Waals surface area contributed by atoms with Crippen molar-refractivity contribution >= 4 is 40.6 Å². The molecule has 1 aromatic heterocycles. The molecule has 33 heavy (non-hydrogen) atoms. The third-order valence-electron chi connectivity index (χ3n) is 4.43. The predicted molar refractivity (Wildman–Crippen MR) is 112 cm³/mol. The second-order valence-electron chi connectivity index (χ2n) is 6.84. The van der Waals surface area contributed by atoms with Crippen LogP contribution in [-0.2, 0) is 17.1 Å². The summed E-state index contributed by atoms with van der Waals surface area (Å²) in [7, 11) is 0. The maximum absolute atomic E-state index is 13.2. The van der Waals surface area contributed by atoms with Gasteiger partial charge in [0, 0.05) is 17.3 Å². The van der Waals surface area contributed by atoms with Gasteiger partial charge < -0.3 is 0 Å². The zero-order valence-electron chi connectivity index (χ0n) is 16.5. The van der Waals surface area contributed by atoms with E-state index < -0.39 is 29.0 Å². The molecule has 0 aliphatic carbocycles. The van der Waals surface area contributed by atoms with Gasteiger partial charge in [-0.05, 0) is 55.0 Å². The first-order chi connectivity index (χ1) is 15.3. The molecule has 0 fully saturated rings. The molecule has 0 bridgehead atoms. The molecule has 0 aliphatic rings. The fourth-order valence-electron chi connectivity index (χ4n) is 2.88. The van der Waals surface area contributed by atoms with Crippen molar-refractivity contribution in [3.05, 3.63) is 81.1 Å². The van der Waals surface area contributed by atoms with Crippen LogP contribution in [0.1, 0.15) is 29.3 Å². The van der Waals surface area contributed by atoms with Crippen LogP contribution in [0.3, 0.4) is 0 Å². The van der Waals surface area contributed by atoms with Crippen LogP contribution in [0.2, 0.25) is 10.0 Å². The monoisotopic (exact) mass is 504 g/mol. The highest BCUT2D eigenvalue weighted by Gasteiger charge is 2.37. The maximum atomic E-state index is 13.2. The van der Waals surface area contributed by atoms with Crippen molar-refractivity contribution in [2.24, 2.45) is 0 Å². The van der Waals surface area contributed by atoms with Crippen LogP contribution in [-0.4, -0.2) is 15.8 Å². The molecule has 0 saturated carbocycles. The molecule has 3 aromatic rings. The van der Waals surface area contributed by atoms with Crippen molar-refractivity contribution in [3.8, 4) is 11.4 Å². The van der Waals surface area contributed by atoms with E-state index in [4.69, 9.17) is 23.2 Å². The summed E-state index contributed by atoms with van der Waals surface area (Å²) in [6.45, 7) is 1.28. The highest BCUT2D eigenvalue weighted by molar-refractivity contribution is 6.42. The molecule has 0 spiro atoms. The quantitative estimate of drug-likeness (QED) is 0.271. The second-order valence-corrected chi connectivity index (χ2v) is 7.66. The lowest BCUT2D eigenvalue weighted by atomic mass is 10.0. The zero-order chi connectivity index (χ0) is 24.6. The first-order valence-electron chi connectivity index (χ1n) is 9.06. The van der Waals surface area contributed by atoms with E-state index in [1.807, 2.05) is 0 Å². The number of benzene rings is 2. The number of nitrogens with zero attached hydrogens (tertiary/aromatic N) is 2. The maximum Gasteiger partial charge on any atom is 0.416 e. The molecular formula is C22H12Cl2F6N2O. The summed E-state index contributed by atoms with van der Waals surface area (Å²) >= 11 is 11.9. The van der Waals surface area contributed by atoms with Crippen molar-refractivity contribution in [1.29, 1.82) is 0 Å². The summed E-state index contributed by atoms with van der Waals surface area (Å²) in [6, 6.07) is 6.88. The number of ketones is 1. The van der Waals surface area contributed by atoms with Crippen molar-refractivity contribution in [1.82, 2.24) is 9.97 Å². The number of carbonyl (C=O) groups excluding carboxylic acids is 1. The molecule has 0 saturated heterocycles. The third-order valence-corrected chi connectivity index (χ3v) is 5.16. The average molecular weight is 505 g/mol. The third kappa shape index (κ3) is 5.91. The van der Waals surface area contributed by atoms with Gasteiger partial charge in [-0.25, -0.2) is 9.97 Å². The van der Waals surface area contributed by atoms with Gasteiger partial charge >= 0.3 is 12.4 Å². The van der Waals surface area contributed by atoms with E-state index in [2.05, 4.69) is 9.97 Å². The van der Waals surface area contributed by atoms with Gasteiger partial charge in [0.2, 0.25) is 0 Å². The number of rotatable bonds is 4. The molecule has 2 aromatic carbocycles. The lowest BCUT2D eigenvalue weighted by Crippen LogP contribution is -2.11. The molecule has 0 amide bonds. The number of halogens is 8. The molecular weight excluding hydrogens is 493 g/mol. The fourth-order valence-corrected chi connectivity index (χ4v) is 3.17.